The summed E-state index contributed by atoms with van der Waals surface area (Å²) in [5, 5.41) is 8.61. The second-order valence-electron chi connectivity index (χ2n) is 6.28. The van der Waals surface area contributed by atoms with Crippen molar-refractivity contribution in [2.75, 3.05) is 39.9 Å². The molecule has 0 spiro atoms. The first-order valence-electron chi connectivity index (χ1n) is 9.04. The van der Waals surface area contributed by atoms with Gasteiger partial charge in [-0.3, -0.25) is 14.4 Å². The van der Waals surface area contributed by atoms with Crippen molar-refractivity contribution in [1.82, 2.24) is 9.80 Å². The lowest BCUT2D eigenvalue weighted by molar-refractivity contribution is -0.140. The Bertz CT molecular complexity index is 638. The van der Waals surface area contributed by atoms with Crippen molar-refractivity contribution in [3.63, 3.8) is 0 Å². The number of rotatable bonds is 9. The number of carbonyl (C=O) groups excluding carboxylic acids is 2. The van der Waals surface area contributed by atoms with Crippen LogP contribution in [0.15, 0.2) is 24.3 Å². The van der Waals surface area contributed by atoms with E-state index in [2.05, 4.69) is 0 Å². The van der Waals surface area contributed by atoms with Gasteiger partial charge in [0.15, 0.2) is 0 Å². The van der Waals surface area contributed by atoms with Gasteiger partial charge in [-0.25, -0.2) is 0 Å². The predicted octanol–water partition coefficient (Wildman–Crippen LogP) is 1.39. The molecule has 8 nitrogen and oxygen atoms in total. The zero-order chi connectivity index (χ0) is 19.6. The quantitative estimate of drug-likeness (QED) is 0.698. The molecule has 0 saturated carbocycles. The van der Waals surface area contributed by atoms with Gasteiger partial charge in [0.1, 0.15) is 11.5 Å². The highest BCUT2D eigenvalue weighted by atomic mass is 16.5. The third-order valence-corrected chi connectivity index (χ3v) is 4.41. The monoisotopic (exact) mass is 378 g/mol. The van der Waals surface area contributed by atoms with Gasteiger partial charge >= 0.3 is 5.97 Å². The Kier molecular flexibility index (Phi) is 7.91. The number of piperazine rings is 1. The summed E-state index contributed by atoms with van der Waals surface area (Å²) in [7, 11) is 1.60. The molecular weight excluding hydrogens is 352 g/mol. The number of hydrogen-bond donors (Lipinski definition) is 1. The second kappa shape index (κ2) is 10.4. The Balaban J connectivity index is 1.65. The van der Waals surface area contributed by atoms with Crippen LogP contribution in [0.5, 0.6) is 11.5 Å². The molecule has 0 unspecified atom stereocenters. The van der Waals surface area contributed by atoms with Crippen molar-refractivity contribution in [3.05, 3.63) is 24.3 Å². The van der Waals surface area contributed by atoms with Crippen LogP contribution in [0.25, 0.3) is 0 Å². The molecule has 1 N–H and O–H groups in total. The fourth-order valence-corrected chi connectivity index (χ4v) is 2.84. The van der Waals surface area contributed by atoms with E-state index in [1.165, 1.54) is 0 Å². The molecule has 2 rings (SSSR count). The summed E-state index contributed by atoms with van der Waals surface area (Å²) in [6, 6.07) is 7.17. The van der Waals surface area contributed by atoms with E-state index in [0.29, 0.717) is 45.0 Å². The molecule has 1 aliphatic rings. The van der Waals surface area contributed by atoms with E-state index < -0.39 is 5.97 Å². The van der Waals surface area contributed by atoms with Crippen LogP contribution in [-0.4, -0.2) is 72.6 Å². The third kappa shape index (κ3) is 6.80. The summed E-state index contributed by atoms with van der Waals surface area (Å²) < 4.78 is 10.7. The Morgan fingerprint density at radius 1 is 0.889 bits per heavy atom. The molecule has 1 saturated heterocycles. The minimum absolute atomic E-state index is 0.00138. The van der Waals surface area contributed by atoms with Gasteiger partial charge in [-0.05, 0) is 30.7 Å². The molecule has 1 aromatic rings. The number of benzene rings is 1. The van der Waals surface area contributed by atoms with Crippen LogP contribution in [0.1, 0.15) is 25.7 Å². The van der Waals surface area contributed by atoms with Crippen molar-refractivity contribution in [2.45, 2.75) is 25.7 Å². The van der Waals surface area contributed by atoms with Crippen molar-refractivity contribution in [1.29, 1.82) is 0 Å². The number of hydrogen-bond acceptors (Lipinski definition) is 5. The molecule has 27 heavy (non-hydrogen) atoms. The Hall–Kier alpha value is -2.77. The normalized spacial score (nSPS) is 14.0. The second-order valence-corrected chi connectivity index (χ2v) is 6.28. The number of methoxy groups -OCH3 is 1. The van der Waals surface area contributed by atoms with Crippen LogP contribution < -0.4 is 9.47 Å². The van der Waals surface area contributed by atoms with Crippen molar-refractivity contribution in [2.24, 2.45) is 0 Å². The van der Waals surface area contributed by atoms with Crippen LogP contribution in [0.3, 0.4) is 0 Å². The lowest BCUT2D eigenvalue weighted by atomic mass is 10.2. The SMILES string of the molecule is COc1ccc(OCCC(=O)N2CCN(C(=O)CCCC(=O)O)CC2)cc1. The molecule has 1 heterocycles. The molecule has 0 aliphatic carbocycles. The van der Waals surface area contributed by atoms with E-state index in [4.69, 9.17) is 14.6 Å². The zero-order valence-electron chi connectivity index (χ0n) is 15.6. The van der Waals surface area contributed by atoms with E-state index in [1.807, 2.05) is 0 Å². The Labute approximate surface area is 158 Å². The molecule has 2 amide bonds. The molecule has 0 radical (unpaired) electrons. The molecule has 0 bridgehead atoms. The van der Waals surface area contributed by atoms with Crippen LogP contribution in [0.4, 0.5) is 0 Å². The molecule has 0 atom stereocenters. The number of nitrogens with zero attached hydrogens (tertiary/aromatic N) is 2. The molecule has 0 aromatic heterocycles. The van der Waals surface area contributed by atoms with E-state index >= 15 is 0 Å². The standard InChI is InChI=1S/C19H26N2O6/c1-26-15-5-7-16(8-6-15)27-14-9-18(23)21-12-10-20(11-13-21)17(22)3-2-4-19(24)25/h5-8H,2-4,9-14H2,1H3,(H,24,25). The highest BCUT2D eigenvalue weighted by molar-refractivity contribution is 5.79. The predicted molar refractivity (Wildman–Crippen MR) is 97.8 cm³/mol. The summed E-state index contributed by atoms with van der Waals surface area (Å²) >= 11 is 0. The van der Waals surface area contributed by atoms with Crippen LogP contribution >= 0.6 is 0 Å². The van der Waals surface area contributed by atoms with Gasteiger partial charge < -0.3 is 24.4 Å². The Morgan fingerprint density at radius 3 is 1.93 bits per heavy atom. The van der Waals surface area contributed by atoms with Gasteiger partial charge in [-0.1, -0.05) is 0 Å². The first kappa shape index (κ1) is 20.5. The van der Waals surface area contributed by atoms with Gasteiger partial charge in [0.25, 0.3) is 0 Å². The molecule has 8 heteroatoms. The number of carbonyl (C=O) groups is 3. The maximum Gasteiger partial charge on any atom is 0.303 e. The minimum atomic E-state index is -0.893. The smallest absolute Gasteiger partial charge is 0.303 e. The van der Waals surface area contributed by atoms with E-state index in [1.54, 1.807) is 41.2 Å². The number of ether oxygens (including phenoxy) is 2. The summed E-state index contributed by atoms with van der Waals surface area (Å²) in [4.78, 5) is 38.2. The van der Waals surface area contributed by atoms with Crippen molar-refractivity contribution >= 4 is 17.8 Å². The van der Waals surface area contributed by atoms with E-state index in [9.17, 15) is 14.4 Å². The van der Waals surface area contributed by atoms with Gasteiger partial charge in [-0.2, -0.15) is 0 Å². The third-order valence-electron chi connectivity index (χ3n) is 4.41. The van der Waals surface area contributed by atoms with Crippen LogP contribution in [0.2, 0.25) is 0 Å². The summed E-state index contributed by atoms with van der Waals surface area (Å²) in [6.07, 6.45) is 0.850. The summed E-state index contributed by atoms with van der Waals surface area (Å²) in [5.74, 6) is 0.483. The fraction of sp³-hybridized carbons (Fsp3) is 0.526. The highest BCUT2D eigenvalue weighted by Crippen LogP contribution is 2.17. The number of carboxylic acid groups (broad SMARTS) is 1. The molecule has 1 fully saturated rings. The average molecular weight is 378 g/mol. The highest BCUT2D eigenvalue weighted by Gasteiger charge is 2.23. The molecular formula is C19H26N2O6. The number of amides is 2. The van der Waals surface area contributed by atoms with Crippen molar-refractivity contribution < 1.29 is 29.0 Å². The van der Waals surface area contributed by atoms with E-state index in [0.717, 1.165) is 5.75 Å². The number of aliphatic carboxylic acids is 1. The van der Waals surface area contributed by atoms with Gasteiger partial charge in [0, 0.05) is 39.0 Å². The van der Waals surface area contributed by atoms with Crippen LogP contribution in [-0.2, 0) is 14.4 Å². The molecule has 148 valence electrons. The first-order chi connectivity index (χ1) is 13.0. The largest absolute Gasteiger partial charge is 0.497 e. The maximum atomic E-state index is 12.3. The summed E-state index contributed by atoms with van der Waals surface area (Å²) in [5.41, 5.74) is 0. The fourth-order valence-electron chi connectivity index (χ4n) is 2.84. The topological polar surface area (TPSA) is 96.4 Å². The van der Waals surface area contributed by atoms with Gasteiger partial charge in [0.2, 0.25) is 11.8 Å². The van der Waals surface area contributed by atoms with Gasteiger partial charge in [0.05, 0.1) is 20.1 Å². The number of carboxylic acids is 1. The van der Waals surface area contributed by atoms with Crippen molar-refractivity contribution in [3.8, 4) is 11.5 Å². The lowest BCUT2D eigenvalue weighted by Crippen LogP contribution is -2.50. The maximum absolute atomic E-state index is 12.3. The first-order valence-corrected chi connectivity index (χ1v) is 9.04. The van der Waals surface area contributed by atoms with Gasteiger partial charge in [-0.15, -0.1) is 0 Å². The Morgan fingerprint density at radius 2 is 1.41 bits per heavy atom. The average Bonchev–Trinajstić information content (AvgIpc) is 2.68. The zero-order valence-corrected chi connectivity index (χ0v) is 15.6. The lowest BCUT2D eigenvalue weighted by Gasteiger charge is -2.35. The molecule has 1 aromatic carbocycles. The molecule has 1 aliphatic heterocycles. The van der Waals surface area contributed by atoms with Crippen LogP contribution in [0, 0.1) is 0 Å². The van der Waals surface area contributed by atoms with E-state index in [-0.39, 0.29) is 31.1 Å². The summed E-state index contributed by atoms with van der Waals surface area (Å²) in [6.45, 7) is 2.24. The minimum Gasteiger partial charge on any atom is -0.497 e.